The average molecular weight is 441 g/mol. The van der Waals surface area contributed by atoms with Gasteiger partial charge >= 0.3 is 5.97 Å². The Balaban J connectivity index is 2.30. The van der Waals surface area contributed by atoms with Crippen molar-refractivity contribution >= 4 is 11.8 Å². The normalized spacial score (nSPS) is 13.1. The minimum atomic E-state index is -1.22. The fourth-order valence-electron chi connectivity index (χ4n) is 2.99. The van der Waals surface area contributed by atoms with Gasteiger partial charge in [-0.15, -0.1) is 0 Å². The van der Waals surface area contributed by atoms with Crippen molar-refractivity contribution in [3.05, 3.63) is 77.9 Å². The standard InChI is InChI=1S/C27H36O5/c1-3-5-6-7-8-9-10-11-12-13-14-15-16-19-32-26(4-2)25(29)21-22-17-18-24(28)23(20-22)27(30)31/h5-6,8-9,11-12,14-15,17-18,20,26,28H,3-4,7,10,13,16,19,21H2,1-2H3,(H,30,31)/b6-5-,9-8-,12-11-,15-14-. The largest absolute Gasteiger partial charge is 0.507 e. The van der Waals surface area contributed by atoms with Crippen LogP contribution in [0.1, 0.15) is 68.3 Å². The van der Waals surface area contributed by atoms with Crippen LogP contribution >= 0.6 is 0 Å². The Morgan fingerprint density at radius 1 is 0.938 bits per heavy atom. The molecule has 5 nitrogen and oxygen atoms in total. The minimum absolute atomic E-state index is 0.0725. The number of carboxylic acid groups (broad SMARTS) is 1. The quantitative estimate of drug-likeness (QED) is 0.236. The van der Waals surface area contributed by atoms with Gasteiger partial charge in [-0.05, 0) is 56.2 Å². The van der Waals surface area contributed by atoms with E-state index in [1.807, 2.05) is 13.0 Å². The summed E-state index contributed by atoms with van der Waals surface area (Å²) in [4.78, 5) is 23.6. The van der Waals surface area contributed by atoms with Crippen molar-refractivity contribution in [2.24, 2.45) is 0 Å². The van der Waals surface area contributed by atoms with Crippen LogP contribution in [0.25, 0.3) is 0 Å². The number of allylic oxidation sites excluding steroid dienone is 7. The molecule has 0 saturated carbocycles. The van der Waals surface area contributed by atoms with Crippen LogP contribution in [0, 0.1) is 0 Å². The van der Waals surface area contributed by atoms with Gasteiger partial charge in [0.1, 0.15) is 17.4 Å². The van der Waals surface area contributed by atoms with Gasteiger partial charge in [0.2, 0.25) is 0 Å². The molecule has 0 aliphatic carbocycles. The number of Topliss-reactive ketones (excluding diaryl/α,β-unsaturated/α-hetero) is 1. The topological polar surface area (TPSA) is 83.8 Å². The highest BCUT2D eigenvalue weighted by molar-refractivity contribution is 5.92. The smallest absolute Gasteiger partial charge is 0.339 e. The van der Waals surface area contributed by atoms with E-state index in [4.69, 9.17) is 9.84 Å². The number of phenols is 1. The van der Waals surface area contributed by atoms with Crippen LogP contribution in [0.2, 0.25) is 0 Å². The number of benzene rings is 1. The monoisotopic (exact) mass is 440 g/mol. The molecule has 2 N–H and O–H groups in total. The molecule has 0 fully saturated rings. The summed E-state index contributed by atoms with van der Waals surface area (Å²) in [5.74, 6) is -1.63. The minimum Gasteiger partial charge on any atom is -0.507 e. The molecule has 0 aliphatic heterocycles. The Morgan fingerprint density at radius 2 is 1.53 bits per heavy atom. The third kappa shape index (κ3) is 11.5. The van der Waals surface area contributed by atoms with Gasteiger partial charge in [0.05, 0.1) is 6.61 Å². The van der Waals surface area contributed by atoms with Gasteiger partial charge < -0.3 is 14.9 Å². The number of rotatable bonds is 16. The maximum Gasteiger partial charge on any atom is 0.339 e. The molecule has 0 amide bonds. The first-order valence-electron chi connectivity index (χ1n) is 11.3. The molecule has 0 radical (unpaired) electrons. The lowest BCUT2D eigenvalue weighted by atomic mass is 10.0. The van der Waals surface area contributed by atoms with Crippen LogP contribution in [0.3, 0.4) is 0 Å². The lowest BCUT2D eigenvalue weighted by molar-refractivity contribution is -0.130. The van der Waals surface area contributed by atoms with E-state index in [1.165, 1.54) is 12.1 Å². The summed E-state index contributed by atoms with van der Waals surface area (Å²) < 4.78 is 5.73. The molecule has 5 heteroatoms. The number of aromatic carboxylic acids is 1. The SMILES string of the molecule is CC/C=C\C/C=C\C/C=C\C/C=C\CCOC(CC)C(=O)Cc1ccc(O)c(C(=O)O)c1. The summed E-state index contributed by atoms with van der Waals surface area (Å²) >= 11 is 0. The second kappa shape index (κ2) is 16.7. The van der Waals surface area contributed by atoms with E-state index in [0.29, 0.717) is 18.6 Å². The zero-order chi connectivity index (χ0) is 23.6. The van der Waals surface area contributed by atoms with Crippen LogP contribution in [-0.2, 0) is 16.0 Å². The molecule has 0 aliphatic rings. The van der Waals surface area contributed by atoms with Gasteiger partial charge in [0.15, 0.2) is 5.78 Å². The van der Waals surface area contributed by atoms with E-state index < -0.39 is 12.1 Å². The predicted molar refractivity (Wildman–Crippen MR) is 129 cm³/mol. The Kier molecular flexibility index (Phi) is 14.2. The van der Waals surface area contributed by atoms with Crippen LogP contribution in [0.4, 0.5) is 0 Å². The van der Waals surface area contributed by atoms with E-state index in [9.17, 15) is 14.7 Å². The first-order valence-corrected chi connectivity index (χ1v) is 11.3. The third-order valence-electron chi connectivity index (χ3n) is 4.72. The van der Waals surface area contributed by atoms with Crippen molar-refractivity contribution in [2.75, 3.05) is 6.61 Å². The van der Waals surface area contributed by atoms with E-state index in [1.54, 1.807) is 6.07 Å². The van der Waals surface area contributed by atoms with Crippen LogP contribution in [-0.4, -0.2) is 34.7 Å². The third-order valence-corrected chi connectivity index (χ3v) is 4.72. The molecule has 0 saturated heterocycles. The Labute approximate surface area is 191 Å². The number of hydrogen-bond acceptors (Lipinski definition) is 4. The molecule has 1 rings (SSSR count). The fourth-order valence-corrected chi connectivity index (χ4v) is 2.99. The first kappa shape index (κ1) is 27.1. The lowest BCUT2D eigenvalue weighted by Gasteiger charge is -2.15. The number of ether oxygens (including phenoxy) is 1. The maximum atomic E-state index is 12.5. The highest BCUT2D eigenvalue weighted by Gasteiger charge is 2.18. The van der Waals surface area contributed by atoms with Crippen molar-refractivity contribution < 1.29 is 24.5 Å². The number of carbonyl (C=O) groups is 2. The zero-order valence-corrected chi connectivity index (χ0v) is 19.2. The second-order valence-corrected chi connectivity index (χ2v) is 7.36. The molecule has 0 heterocycles. The first-order chi connectivity index (χ1) is 15.5. The molecule has 1 unspecified atom stereocenters. The van der Waals surface area contributed by atoms with Gasteiger partial charge in [-0.2, -0.15) is 0 Å². The van der Waals surface area contributed by atoms with E-state index in [-0.39, 0.29) is 23.5 Å². The number of hydrogen-bond donors (Lipinski definition) is 2. The Bertz CT molecular complexity index is 817. The molecular weight excluding hydrogens is 404 g/mol. The second-order valence-electron chi connectivity index (χ2n) is 7.36. The van der Waals surface area contributed by atoms with Gasteiger partial charge in [0.25, 0.3) is 0 Å². The molecule has 174 valence electrons. The molecule has 1 atom stereocenters. The van der Waals surface area contributed by atoms with Crippen molar-refractivity contribution in [3.8, 4) is 5.75 Å². The van der Waals surface area contributed by atoms with E-state index in [2.05, 4.69) is 49.5 Å². The fraction of sp³-hybridized carbons (Fsp3) is 0.407. The van der Waals surface area contributed by atoms with Crippen LogP contribution in [0.15, 0.2) is 66.8 Å². The molecule has 0 aromatic heterocycles. The van der Waals surface area contributed by atoms with Crippen molar-refractivity contribution in [1.29, 1.82) is 0 Å². The average Bonchev–Trinajstić information content (AvgIpc) is 2.77. The number of carbonyl (C=O) groups excluding carboxylic acids is 1. The summed E-state index contributed by atoms with van der Waals surface area (Å²) in [6.45, 7) is 4.47. The number of carboxylic acids is 1. The lowest BCUT2D eigenvalue weighted by Crippen LogP contribution is -2.25. The van der Waals surface area contributed by atoms with Crippen molar-refractivity contribution in [3.63, 3.8) is 0 Å². The maximum absolute atomic E-state index is 12.5. The number of aromatic hydroxyl groups is 1. The highest BCUT2D eigenvalue weighted by Crippen LogP contribution is 2.19. The van der Waals surface area contributed by atoms with Crippen LogP contribution < -0.4 is 0 Å². The zero-order valence-electron chi connectivity index (χ0n) is 19.2. The van der Waals surface area contributed by atoms with Gasteiger partial charge in [-0.3, -0.25) is 4.79 Å². The molecule has 0 bridgehead atoms. The molecular formula is C27H36O5. The molecule has 0 spiro atoms. The van der Waals surface area contributed by atoms with Gasteiger partial charge in [0, 0.05) is 6.42 Å². The Morgan fingerprint density at radius 3 is 2.09 bits per heavy atom. The van der Waals surface area contributed by atoms with E-state index >= 15 is 0 Å². The molecule has 1 aromatic rings. The molecule has 1 aromatic carbocycles. The predicted octanol–water partition coefficient (Wildman–Crippen LogP) is 6.19. The van der Waals surface area contributed by atoms with Crippen molar-refractivity contribution in [1.82, 2.24) is 0 Å². The van der Waals surface area contributed by atoms with Gasteiger partial charge in [-0.25, -0.2) is 4.79 Å². The van der Waals surface area contributed by atoms with Crippen molar-refractivity contribution in [2.45, 2.75) is 64.9 Å². The molecule has 32 heavy (non-hydrogen) atoms. The summed E-state index contributed by atoms with van der Waals surface area (Å²) in [5, 5.41) is 18.7. The number of ketones is 1. The van der Waals surface area contributed by atoms with E-state index in [0.717, 1.165) is 32.1 Å². The summed E-state index contributed by atoms with van der Waals surface area (Å²) in [7, 11) is 0. The van der Waals surface area contributed by atoms with Gasteiger partial charge in [-0.1, -0.05) is 68.5 Å². The van der Waals surface area contributed by atoms with Crippen LogP contribution in [0.5, 0.6) is 5.75 Å². The highest BCUT2D eigenvalue weighted by atomic mass is 16.5. The summed E-state index contributed by atoms with van der Waals surface area (Å²) in [6, 6.07) is 4.19. The summed E-state index contributed by atoms with van der Waals surface area (Å²) in [5.41, 5.74) is 0.342. The Hall–Kier alpha value is -2.92. The summed E-state index contributed by atoms with van der Waals surface area (Å²) in [6.07, 6.45) is 21.8.